The van der Waals surface area contributed by atoms with Gasteiger partial charge < -0.3 is 9.47 Å². The molecule has 2 fully saturated rings. The van der Waals surface area contributed by atoms with Crippen LogP contribution in [0.3, 0.4) is 0 Å². The van der Waals surface area contributed by atoms with Crippen molar-refractivity contribution in [1.29, 1.82) is 0 Å². The Morgan fingerprint density at radius 3 is 1.27 bits per heavy atom. The topological polar surface area (TPSA) is 18.5 Å². The zero-order valence-electron chi connectivity index (χ0n) is 39.2. The van der Waals surface area contributed by atoms with Gasteiger partial charge in [0.2, 0.25) is 0 Å². The Hall–Kier alpha value is -2.24. The van der Waals surface area contributed by atoms with E-state index in [2.05, 4.69) is 162 Å². The van der Waals surface area contributed by atoms with E-state index in [9.17, 15) is 0 Å². The van der Waals surface area contributed by atoms with Crippen molar-refractivity contribution >= 4 is 26.5 Å². The minimum Gasteiger partial charge on any atom is -0.496 e. The Morgan fingerprint density at radius 2 is 0.983 bits per heavy atom. The van der Waals surface area contributed by atoms with E-state index in [4.69, 9.17) is 9.47 Å². The van der Waals surface area contributed by atoms with Crippen molar-refractivity contribution in [2.24, 2.45) is 0 Å². The van der Waals surface area contributed by atoms with Crippen LogP contribution in [0.5, 0.6) is 11.5 Å². The van der Waals surface area contributed by atoms with Crippen LogP contribution < -0.4 is 20.1 Å². The second-order valence-corrected chi connectivity index (χ2v) is 26.2. The van der Waals surface area contributed by atoms with Gasteiger partial charge in [-0.1, -0.05) is 142 Å². The quantitative estimate of drug-likeness (QED) is 0.108. The Bertz CT molecular complexity index is 1830. The number of hydrogen-bond acceptors (Lipinski definition) is 2. The fourth-order valence-electron chi connectivity index (χ4n) is 9.32. The smallest absolute Gasteiger partial charge is 0.496 e. The maximum absolute atomic E-state index is 6.32. The van der Waals surface area contributed by atoms with Gasteiger partial charge in [0.05, 0.1) is 14.2 Å². The average Bonchev–Trinajstić information content (AvgIpc) is 3.91. The van der Waals surface area contributed by atoms with Gasteiger partial charge in [-0.25, -0.2) is 5.73 Å². The predicted molar refractivity (Wildman–Crippen MR) is 251 cm³/mol. The molecule has 0 spiro atoms. The average molecular weight is 871 g/mol. The molecule has 4 aliphatic carbocycles. The van der Waals surface area contributed by atoms with Crippen molar-refractivity contribution < 1.29 is 26.5 Å². The first-order chi connectivity index (χ1) is 27.2. The predicted octanol–water partition coefficient (Wildman–Crippen LogP) is 14.1. The normalized spacial score (nSPS) is 17.8. The number of methoxy groups -OCH3 is 2. The summed E-state index contributed by atoms with van der Waals surface area (Å²) in [4.78, 5) is 0. The van der Waals surface area contributed by atoms with Crippen LogP contribution in [0.1, 0.15) is 176 Å². The van der Waals surface area contributed by atoms with E-state index in [0.717, 1.165) is 22.8 Å². The fraction of sp³-hybridized carbons (Fsp3) is 0.593. The molecule has 0 aliphatic heterocycles. The molecule has 4 aliphatic rings. The zero-order chi connectivity index (χ0) is 42.6. The molecule has 2 radical (unpaired) electrons. The molecule has 0 aromatic heterocycles. The van der Waals surface area contributed by atoms with Crippen molar-refractivity contribution in [3.05, 3.63) is 105 Å². The van der Waals surface area contributed by atoms with E-state index in [1.54, 1.807) is 0 Å². The molecule has 0 N–H and O–H groups in total. The minimum absolute atomic E-state index is 0. The van der Waals surface area contributed by atoms with E-state index in [1.165, 1.54) is 108 Å². The number of ether oxygens (including phenoxy) is 2. The zero-order valence-corrected chi connectivity index (χ0v) is 42.1. The molecule has 5 heteroatoms. The summed E-state index contributed by atoms with van der Waals surface area (Å²) in [6.07, 6.45) is 26.4. The van der Waals surface area contributed by atoms with E-state index >= 15 is 0 Å². The van der Waals surface area contributed by atoms with Gasteiger partial charge in [0.1, 0.15) is 11.5 Å². The fourth-order valence-corrected chi connectivity index (χ4v) is 16.2. The Labute approximate surface area is 374 Å². The van der Waals surface area contributed by atoms with Crippen LogP contribution in [0, 0.1) is 24.3 Å². The Kier molecular flexibility index (Phi) is 17.0. The largest absolute Gasteiger partial charge is 2.00 e. The first-order valence-corrected chi connectivity index (χ1v) is 24.9. The SMILES string of the molecule is COc1c(C(C)(C)C)cc(P(C2=C=[C-][C]=C2[C@@H](C)P(C2CCCCC2)C2CCCCC2)c2cc(C(C)(C)C)c(OC)c(C(C)(C)C)c2)cc1C(C)(C)C.[C]1=C=C=C=[C-]1.[Fe+2]. The van der Waals surface area contributed by atoms with Gasteiger partial charge in [-0.2, -0.15) is 11.6 Å². The van der Waals surface area contributed by atoms with Crippen LogP contribution in [0.15, 0.2) is 58.1 Å². The van der Waals surface area contributed by atoms with Gasteiger partial charge in [-0.05, 0) is 93.5 Å². The van der Waals surface area contributed by atoms with Gasteiger partial charge in [0, 0.05) is 22.3 Å². The summed E-state index contributed by atoms with van der Waals surface area (Å²) in [7, 11) is 2.47. The summed E-state index contributed by atoms with van der Waals surface area (Å²) in [5, 5.41) is 4.08. The number of benzene rings is 2. The third-order valence-electron chi connectivity index (χ3n) is 12.3. The number of hydrogen-bond donors (Lipinski definition) is 0. The third-order valence-corrected chi connectivity index (χ3v) is 18.6. The second-order valence-electron chi connectivity index (χ2n) is 21.0. The molecule has 0 saturated heterocycles. The third kappa shape index (κ3) is 11.8. The molecule has 0 heterocycles. The summed E-state index contributed by atoms with van der Waals surface area (Å²) < 4.78 is 12.6. The molecular weight excluding hydrogens is 798 g/mol. The number of rotatable bonds is 9. The minimum atomic E-state index is -1.03. The molecule has 1 atom stereocenters. The molecule has 6 rings (SSSR count). The van der Waals surface area contributed by atoms with Crippen molar-refractivity contribution in [3.8, 4) is 11.5 Å². The van der Waals surface area contributed by atoms with Gasteiger partial charge in [0.15, 0.2) is 0 Å². The van der Waals surface area contributed by atoms with Crippen LogP contribution in [0.4, 0.5) is 0 Å². The molecular formula is C54H72FeO2P2. The molecule has 2 saturated carbocycles. The van der Waals surface area contributed by atoms with Gasteiger partial charge in [-0.3, -0.25) is 17.2 Å². The molecule has 318 valence electrons. The Balaban J connectivity index is 0.00000119. The van der Waals surface area contributed by atoms with E-state index in [-0.39, 0.29) is 46.7 Å². The summed E-state index contributed by atoms with van der Waals surface area (Å²) in [6.45, 7) is 30.6. The summed E-state index contributed by atoms with van der Waals surface area (Å²) in [5.74, 6) is 2.06. The van der Waals surface area contributed by atoms with Crippen LogP contribution >= 0.6 is 15.8 Å². The van der Waals surface area contributed by atoms with Gasteiger partial charge >= 0.3 is 17.1 Å². The number of allylic oxidation sites excluding steroid dienone is 5. The summed E-state index contributed by atoms with van der Waals surface area (Å²) in [5.41, 5.74) is 19.6. The van der Waals surface area contributed by atoms with Crippen molar-refractivity contribution in [2.45, 2.75) is 193 Å². The Morgan fingerprint density at radius 1 is 0.593 bits per heavy atom. The van der Waals surface area contributed by atoms with Crippen molar-refractivity contribution in [2.75, 3.05) is 14.2 Å². The molecule has 0 unspecified atom stereocenters. The standard InChI is InChI=1S/C49H72O2P2.C5.Fe/c1-33(52(34-23-18-16-19-24-34)35-25-20-17-21-26-35)38-27-22-28-43(38)53(36-29-39(46(2,3)4)44(50-14)40(30-36)47(5,6)7)37-31-41(48(8,9)10)45(51-15)42(32-37)49(11,12)13;1-2-4-5-3-1;/h29-35H,16-21,23-26H2,1-15H3;;/q2*-1;+2/t33-;;/m1../s1. The maximum atomic E-state index is 6.32. The van der Waals surface area contributed by atoms with Crippen molar-refractivity contribution in [1.82, 2.24) is 0 Å². The molecule has 59 heavy (non-hydrogen) atoms. The molecule has 2 nitrogen and oxygen atoms in total. The van der Waals surface area contributed by atoms with Crippen LogP contribution in [0.25, 0.3) is 0 Å². The maximum Gasteiger partial charge on any atom is 2.00 e. The first-order valence-electron chi connectivity index (χ1n) is 22.0. The second kappa shape index (κ2) is 20.3. The van der Waals surface area contributed by atoms with Crippen LogP contribution in [-0.4, -0.2) is 31.2 Å². The first kappa shape index (κ1) is 49.4. The van der Waals surface area contributed by atoms with E-state index < -0.39 is 7.92 Å². The monoisotopic (exact) mass is 870 g/mol. The van der Waals surface area contributed by atoms with E-state index in [1.807, 2.05) is 14.2 Å². The van der Waals surface area contributed by atoms with Crippen molar-refractivity contribution in [3.63, 3.8) is 0 Å². The van der Waals surface area contributed by atoms with Crippen LogP contribution in [-0.2, 0) is 38.7 Å². The van der Waals surface area contributed by atoms with Gasteiger partial charge in [-0.15, -0.1) is 31.5 Å². The molecule has 0 bridgehead atoms. The molecule has 2 aromatic carbocycles. The van der Waals surface area contributed by atoms with Gasteiger partial charge in [0.25, 0.3) is 0 Å². The molecule has 2 aromatic rings. The summed E-state index contributed by atoms with van der Waals surface area (Å²) >= 11 is 0. The molecule has 0 amide bonds. The van der Waals surface area contributed by atoms with E-state index in [0.29, 0.717) is 5.66 Å². The summed E-state index contributed by atoms with van der Waals surface area (Å²) in [6, 6.07) is 9.99. The van der Waals surface area contributed by atoms with Crippen LogP contribution in [0.2, 0.25) is 0 Å².